The molecule has 3 N–H and O–H groups in total. The van der Waals surface area contributed by atoms with Crippen LogP contribution in [0.25, 0.3) is 32.2 Å². The number of nitrogens with zero attached hydrogens (tertiary/aromatic N) is 3. The number of aromatic nitrogens is 2. The Labute approximate surface area is 206 Å². The second-order valence-electron chi connectivity index (χ2n) is 8.36. The molecule has 1 amide bonds. The van der Waals surface area contributed by atoms with Gasteiger partial charge in [0.15, 0.2) is 0 Å². The Kier molecular flexibility index (Phi) is 6.65. The van der Waals surface area contributed by atoms with Gasteiger partial charge in [0.25, 0.3) is 5.91 Å². The SMILES string of the molecule is CCCNc1c(C(N)=O)sc2ccc3nc(-c4cc(Cl)nc(CN5CCOCC5)c4)ccc3c12. The molecule has 1 fully saturated rings. The van der Waals surface area contributed by atoms with E-state index in [4.69, 9.17) is 27.1 Å². The minimum Gasteiger partial charge on any atom is -0.383 e. The Balaban J connectivity index is 1.55. The number of morpholine rings is 1. The summed E-state index contributed by atoms with van der Waals surface area (Å²) >= 11 is 7.80. The van der Waals surface area contributed by atoms with Crippen LogP contribution in [-0.2, 0) is 11.3 Å². The Morgan fingerprint density at radius 1 is 1.21 bits per heavy atom. The van der Waals surface area contributed by atoms with Crippen molar-refractivity contribution in [1.82, 2.24) is 14.9 Å². The van der Waals surface area contributed by atoms with Gasteiger partial charge in [0.05, 0.1) is 35.8 Å². The number of carbonyl (C=O) groups is 1. The smallest absolute Gasteiger partial charge is 0.260 e. The molecule has 0 bridgehead atoms. The molecule has 0 aliphatic carbocycles. The van der Waals surface area contributed by atoms with Crippen LogP contribution >= 0.6 is 22.9 Å². The van der Waals surface area contributed by atoms with E-state index in [0.717, 1.165) is 89.4 Å². The highest BCUT2D eigenvalue weighted by Gasteiger charge is 2.19. The zero-order valence-corrected chi connectivity index (χ0v) is 20.5. The van der Waals surface area contributed by atoms with Crippen molar-refractivity contribution in [1.29, 1.82) is 0 Å². The molecule has 4 aromatic rings. The van der Waals surface area contributed by atoms with Crippen LogP contribution in [0.4, 0.5) is 5.69 Å². The quantitative estimate of drug-likeness (QED) is 0.353. The molecule has 3 aromatic heterocycles. The summed E-state index contributed by atoms with van der Waals surface area (Å²) in [6.07, 6.45) is 0.943. The fourth-order valence-electron chi connectivity index (χ4n) is 4.32. The molecule has 1 saturated heterocycles. The number of hydrogen-bond acceptors (Lipinski definition) is 7. The highest BCUT2D eigenvalue weighted by atomic mass is 35.5. The first kappa shape index (κ1) is 23.0. The lowest BCUT2D eigenvalue weighted by atomic mass is 10.1. The Hall–Kier alpha value is -2.78. The normalized spacial score (nSPS) is 14.6. The summed E-state index contributed by atoms with van der Waals surface area (Å²) in [4.78, 5) is 24.4. The van der Waals surface area contributed by atoms with Crippen molar-refractivity contribution in [2.75, 3.05) is 38.2 Å². The summed E-state index contributed by atoms with van der Waals surface area (Å²) in [7, 11) is 0. The van der Waals surface area contributed by atoms with Gasteiger partial charge in [0.1, 0.15) is 10.0 Å². The number of ether oxygens (including phenoxy) is 1. The summed E-state index contributed by atoms with van der Waals surface area (Å²) < 4.78 is 6.45. The fraction of sp³-hybridized carbons (Fsp3) is 0.320. The predicted molar refractivity (Wildman–Crippen MR) is 139 cm³/mol. The molecule has 4 heterocycles. The first-order valence-electron chi connectivity index (χ1n) is 11.4. The third kappa shape index (κ3) is 4.59. The van der Waals surface area contributed by atoms with Crippen molar-refractivity contribution in [3.05, 3.63) is 52.1 Å². The molecular weight excluding hydrogens is 470 g/mol. The average molecular weight is 496 g/mol. The van der Waals surface area contributed by atoms with Crippen molar-refractivity contribution in [3.8, 4) is 11.3 Å². The van der Waals surface area contributed by atoms with Crippen LogP contribution in [0, 0.1) is 0 Å². The molecule has 0 radical (unpaired) electrons. The highest BCUT2D eigenvalue weighted by molar-refractivity contribution is 7.21. The molecule has 176 valence electrons. The van der Waals surface area contributed by atoms with Gasteiger partial charge in [0.2, 0.25) is 0 Å². The lowest BCUT2D eigenvalue weighted by Crippen LogP contribution is -2.35. The number of nitrogens with two attached hydrogens (primary N) is 1. The summed E-state index contributed by atoms with van der Waals surface area (Å²) in [5.41, 5.74) is 9.99. The van der Waals surface area contributed by atoms with Crippen molar-refractivity contribution in [2.24, 2.45) is 5.73 Å². The van der Waals surface area contributed by atoms with Crippen LogP contribution in [-0.4, -0.2) is 53.6 Å². The van der Waals surface area contributed by atoms with E-state index >= 15 is 0 Å². The molecule has 0 saturated carbocycles. The summed E-state index contributed by atoms with van der Waals surface area (Å²) in [6, 6.07) is 12.0. The first-order valence-corrected chi connectivity index (χ1v) is 12.6. The third-order valence-electron chi connectivity index (χ3n) is 5.93. The van der Waals surface area contributed by atoms with Crippen molar-refractivity contribution in [3.63, 3.8) is 0 Å². The minimum absolute atomic E-state index is 0.420. The molecule has 1 aromatic carbocycles. The van der Waals surface area contributed by atoms with Gasteiger partial charge in [-0.1, -0.05) is 18.5 Å². The summed E-state index contributed by atoms with van der Waals surface area (Å²) in [5.74, 6) is -0.420. The number of rotatable bonds is 7. The average Bonchev–Trinajstić information content (AvgIpc) is 3.22. The van der Waals surface area contributed by atoms with Crippen molar-refractivity contribution in [2.45, 2.75) is 19.9 Å². The monoisotopic (exact) mass is 495 g/mol. The van der Waals surface area contributed by atoms with Crippen LogP contribution in [0.2, 0.25) is 5.15 Å². The van der Waals surface area contributed by atoms with Crippen LogP contribution < -0.4 is 11.1 Å². The number of halogens is 1. The van der Waals surface area contributed by atoms with E-state index in [-0.39, 0.29) is 0 Å². The molecule has 34 heavy (non-hydrogen) atoms. The van der Waals surface area contributed by atoms with E-state index < -0.39 is 5.91 Å². The Morgan fingerprint density at radius 2 is 2.03 bits per heavy atom. The number of nitrogens with one attached hydrogen (secondary N) is 1. The number of thiophene rings is 1. The van der Waals surface area contributed by atoms with Crippen LogP contribution in [0.3, 0.4) is 0 Å². The largest absolute Gasteiger partial charge is 0.383 e. The lowest BCUT2D eigenvalue weighted by Gasteiger charge is -2.26. The fourth-order valence-corrected chi connectivity index (χ4v) is 5.60. The van der Waals surface area contributed by atoms with Gasteiger partial charge < -0.3 is 15.8 Å². The van der Waals surface area contributed by atoms with Crippen LogP contribution in [0.5, 0.6) is 0 Å². The maximum Gasteiger partial charge on any atom is 0.260 e. The van der Waals surface area contributed by atoms with Gasteiger partial charge in [-0.2, -0.15) is 0 Å². The molecule has 0 spiro atoms. The molecule has 9 heteroatoms. The zero-order valence-electron chi connectivity index (χ0n) is 18.9. The Morgan fingerprint density at radius 3 is 2.79 bits per heavy atom. The number of fused-ring (bicyclic) bond motifs is 3. The number of amides is 1. The molecule has 1 aliphatic heterocycles. The number of hydrogen-bond donors (Lipinski definition) is 2. The maximum absolute atomic E-state index is 12.1. The van der Waals surface area contributed by atoms with E-state index in [1.54, 1.807) is 0 Å². The molecule has 7 nitrogen and oxygen atoms in total. The van der Waals surface area contributed by atoms with Gasteiger partial charge in [-0.3, -0.25) is 9.69 Å². The van der Waals surface area contributed by atoms with Gasteiger partial charge in [-0.05, 0) is 42.8 Å². The second-order valence-corrected chi connectivity index (χ2v) is 9.80. The van der Waals surface area contributed by atoms with Gasteiger partial charge >= 0.3 is 0 Å². The van der Waals surface area contributed by atoms with Crippen LogP contribution in [0.1, 0.15) is 28.7 Å². The number of anilines is 1. The first-order chi connectivity index (χ1) is 16.5. The molecule has 0 unspecified atom stereocenters. The topological polar surface area (TPSA) is 93.4 Å². The molecular formula is C25H26ClN5O2S. The molecule has 5 rings (SSSR count). The van der Waals surface area contributed by atoms with E-state index in [0.29, 0.717) is 10.0 Å². The van der Waals surface area contributed by atoms with E-state index in [2.05, 4.69) is 34.3 Å². The van der Waals surface area contributed by atoms with E-state index in [9.17, 15) is 4.79 Å². The standard InChI is InChI=1S/C25H26ClN5O2S/c1-2-7-28-23-22-17-3-4-18(30-19(17)5-6-20(22)34-24(23)25(27)32)15-12-16(29-21(26)13-15)14-31-8-10-33-11-9-31/h3-6,12-13,28H,2,7-11,14H2,1H3,(H2,27,32). The predicted octanol–water partition coefficient (Wildman–Crippen LogP) is 4.92. The van der Waals surface area contributed by atoms with E-state index in [1.165, 1.54) is 11.3 Å². The van der Waals surface area contributed by atoms with Crippen LogP contribution in [0.15, 0.2) is 36.4 Å². The lowest BCUT2D eigenvalue weighted by molar-refractivity contribution is 0.0336. The maximum atomic E-state index is 12.1. The van der Waals surface area contributed by atoms with Gasteiger partial charge in [-0.25, -0.2) is 9.97 Å². The number of benzene rings is 1. The zero-order chi connectivity index (χ0) is 23.7. The van der Waals surface area contributed by atoms with Gasteiger partial charge in [-0.15, -0.1) is 11.3 Å². The van der Waals surface area contributed by atoms with E-state index in [1.807, 2.05) is 24.3 Å². The summed E-state index contributed by atoms with van der Waals surface area (Å²) in [5, 5.41) is 5.83. The number of pyridine rings is 2. The molecule has 0 atom stereocenters. The second kappa shape index (κ2) is 9.84. The highest BCUT2D eigenvalue weighted by Crippen LogP contribution is 2.40. The third-order valence-corrected chi connectivity index (χ3v) is 7.29. The number of carbonyl (C=O) groups excluding carboxylic acids is 1. The molecule has 1 aliphatic rings. The van der Waals surface area contributed by atoms with Crippen molar-refractivity contribution >= 4 is 55.5 Å². The summed E-state index contributed by atoms with van der Waals surface area (Å²) in [6.45, 7) is 6.82. The Bertz CT molecular complexity index is 1370. The van der Waals surface area contributed by atoms with Crippen molar-refractivity contribution < 1.29 is 9.53 Å². The number of primary amides is 1. The van der Waals surface area contributed by atoms with Gasteiger partial charge in [0, 0.05) is 47.2 Å². The minimum atomic E-state index is -0.420.